The van der Waals surface area contributed by atoms with Crippen LogP contribution in [0.2, 0.25) is 0 Å². The van der Waals surface area contributed by atoms with Crippen LogP contribution in [0.5, 0.6) is 0 Å². The van der Waals surface area contributed by atoms with E-state index in [4.69, 9.17) is 37.0 Å². The van der Waals surface area contributed by atoms with Crippen molar-refractivity contribution in [2.75, 3.05) is 39.6 Å². The molecule has 3 N–H and O–H groups in total. The number of ether oxygens (including phenoxy) is 4. The van der Waals surface area contributed by atoms with Crippen molar-refractivity contribution < 1.29 is 80.2 Å². The van der Waals surface area contributed by atoms with Gasteiger partial charge in [-0.1, -0.05) is 268 Å². The van der Waals surface area contributed by atoms with Crippen LogP contribution in [0.15, 0.2) is 72.9 Å². The lowest BCUT2D eigenvalue weighted by molar-refractivity contribution is -0.161. The fourth-order valence-electron chi connectivity index (χ4n) is 9.96. The van der Waals surface area contributed by atoms with Crippen LogP contribution in [0.3, 0.4) is 0 Å². The van der Waals surface area contributed by atoms with Crippen LogP contribution in [-0.4, -0.2) is 96.7 Å². The van der Waals surface area contributed by atoms with Gasteiger partial charge in [-0.05, 0) is 103 Å². The standard InChI is InChI=1S/C75H134O17P2/c1-5-9-13-17-21-25-29-32-34-37-40-43-47-51-55-59-72(77)85-65-70(91-74(79)61-57-53-49-45-39-28-24-20-16-12-8-4)67-89-93(81,82)87-63-69(76)64-88-94(83,84)90-68-71(92-75(80)62-58-54-50-46-42-36-31-27-23-19-15-11-7-3)66-86-73(78)60-56-52-48-44-41-38-35-33-30-26-22-18-14-10-6-2/h9,13,15,19-21,24-25,27,31-32,34,69-71,76H,5-8,10-12,14,16-18,22-23,26,28-30,33,35-68H2,1-4H3,(H,81,82)(H,83,84)/b13-9-,19-15-,24-20-,25-21-,31-27-,34-32-. The topological polar surface area (TPSA) is 237 Å². The molecule has 0 spiro atoms. The highest BCUT2D eigenvalue weighted by Gasteiger charge is 2.30. The Bertz CT molecular complexity index is 2070. The first kappa shape index (κ1) is 90.5. The van der Waals surface area contributed by atoms with Gasteiger partial charge in [0.15, 0.2) is 12.2 Å². The summed E-state index contributed by atoms with van der Waals surface area (Å²) in [5.74, 6) is -2.20. The molecule has 17 nitrogen and oxygen atoms in total. The van der Waals surface area contributed by atoms with Crippen LogP contribution in [0.4, 0.5) is 0 Å². The van der Waals surface area contributed by atoms with Gasteiger partial charge in [0.1, 0.15) is 19.3 Å². The van der Waals surface area contributed by atoms with Gasteiger partial charge in [-0.25, -0.2) is 9.13 Å². The Morgan fingerprint density at radius 3 is 0.936 bits per heavy atom. The number of aliphatic hydroxyl groups is 1. The van der Waals surface area contributed by atoms with Gasteiger partial charge in [0, 0.05) is 25.7 Å². The molecule has 94 heavy (non-hydrogen) atoms. The highest BCUT2D eigenvalue weighted by molar-refractivity contribution is 7.47. The van der Waals surface area contributed by atoms with Gasteiger partial charge in [-0.15, -0.1) is 0 Å². The van der Waals surface area contributed by atoms with Crippen LogP contribution in [-0.2, 0) is 65.4 Å². The van der Waals surface area contributed by atoms with Gasteiger partial charge in [0.05, 0.1) is 26.4 Å². The quantitative estimate of drug-likeness (QED) is 0.0169. The van der Waals surface area contributed by atoms with Crippen molar-refractivity contribution in [3.8, 4) is 0 Å². The minimum absolute atomic E-state index is 0.0822. The zero-order chi connectivity index (χ0) is 69.0. The SMILES string of the molecule is CC/C=C\C/C=C\C/C=C\CCCCCCCC(=O)OCC(COP(=O)(O)OCC(O)COP(=O)(O)OCC(COC(=O)CCCCCCCCCCCCCCCCC)OC(=O)CCCCCCC/C=C\C/C=C\CCC)OC(=O)CCCCCCC/C=C\CCCC. The minimum atomic E-state index is -4.97. The number of phosphoric acid groups is 2. The van der Waals surface area contributed by atoms with E-state index in [2.05, 4.69) is 101 Å². The number of allylic oxidation sites excluding steroid dienone is 12. The number of unbranched alkanes of at least 4 members (excludes halogenated alkanes) is 32. The Kier molecular flexibility index (Phi) is 65.5. The Morgan fingerprint density at radius 1 is 0.309 bits per heavy atom. The van der Waals surface area contributed by atoms with Gasteiger partial charge >= 0.3 is 39.5 Å². The molecular formula is C75H134O17P2. The van der Waals surface area contributed by atoms with Crippen molar-refractivity contribution in [3.05, 3.63) is 72.9 Å². The Balaban J connectivity index is 5.31. The third-order valence-corrected chi connectivity index (χ3v) is 17.5. The van der Waals surface area contributed by atoms with Crippen molar-refractivity contribution in [1.82, 2.24) is 0 Å². The average Bonchev–Trinajstić information content (AvgIpc) is 1.35. The van der Waals surface area contributed by atoms with E-state index >= 15 is 0 Å². The second-order valence-electron chi connectivity index (χ2n) is 24.9. The summed E-state index contributed by atoms with van der Waals surface area (Å²) in [5, 5.41) is 10.6. The first-order valence-corrected chi connectivity index (χ1v) is 40.2. The van der Waals surface area contributed by atoms with Gasteiger partial charge in [0.2, 0.25) is 0 Å². The van der Waals surface area contributed by atoms with Crippen molar-refractivity contribution >= 4 is 39.5 Å². The van der Waals surface area contributed by atoms with E-state index in [0.717, 1.165) is 161 Å². The molecule has 0 rings (SSSR count). The third-order valence-electron chi connectivity index (χ3n) is 15.6. The van der Waals surface area contributed by atoms with E-state index in [9.17, 15) is 43.2 Å². The van der Waals surface area contributed by atoms with Crippen molar-refractivity contribution in [3.63, 3.8) is 0 Å². The first-order chi connectivity index (χ1) is 45.7. The number of esters is 4. The third kappa shape index (κ3) is 67.1. The molecule has 0 bridgehead atoms. The molecule has 0 saturated carbocycles. The largest absolute Gasteiger partial charge is 0.472 e. The van der Waals surface area contributed by atoms with Gasteiger partial charge in [-0.2, -0.15) is 0 Å². The molecule has 0 amide bonds. The van der Waals surface area contributed by atoms with Crippen molar-refractivity contribution in [2.45, 2.75) is 341 Å². The van der Waals surface area contributed by atoms with Crippen LogP contribution in [0, 0.1) is 0 Å². The molecule has 0 heterocycles. The van der Waals surface area contributed by atoms with E-state index in [0.29, 0.717) is 25.7 Å². The molecular weight excluding hydrogens is 1230 g/mol. The van der Waals surface area contributed by atoms with Gasteiger partial charge in [-0.3, -0.25) is 37.3 Å². The molecule has 5 unspecified atom stereocenters. The van der Waals surface area contributed by atoms with Gasteiger partial charge in [0.25, 0.3) is 0 Å². The molecule has 0 saturated heterocycles. The van der Waals surface area contributed by atoms with E-state index in [1.165, 1.54) is 83.5 Å². The lowest BCUT2D eigenvalue weighted by atomic mass is 10.0. The highest BCUT2D eigenvalue weighted by atomic mass is 31.2. The van der Waals surface area contributed by atoms with E-state index in [-0.39, 0.29) is 25.7 Å². The van der Waals surface area contributed by atoms with Gasteiger partial charge < -0.3 is 33.8 Å². The van der Waals surface area contributed by atoms with Crippen LogP contribution >= 0.6 is 15.6 Å². The molecule has 0 aliphatic carbocycles. The van der Waals surface area contributed by atoms with E-state index < -0.39 is 97.5 Å². The summed E-state index contributed by atoms with van der Waals surface area (Å²) in [7, 11) is -9.94. The number of rotatable bonds is 70. The second kappa shape index (κ2) is 68.0. The summed E-state index contributed by atoms with van der Waals surface area (Å²) in [6.07, 6.45) is 66.2. The molecule has 0 aliphatic rings. The van der Waals surface area contributed by atoms with Crippen molar-refractivity contribution in [1.29, 1.82) is 0 Å². The molecule has 0 aromatic carbocycles. The molecule has 0 aliphatic heterocycles. The van der Waals surface area contributed by atoms with Crippen LogP contribution < -0.4 is 0 Å². The maximum absolute atomic E-state index is 13.0. The molecule has 0 fully saturated rings. The summed E-state index contributed by atoms with van der Waals surface area (Å²) in [4.78, 5) is 72.7. The summed E-state index contributed by atoms with van der Waals surface area (Å²) in [6, 6.07) is 0. The number of carbonyl (C=O) groups excluding carboxylic acids is 4. The summed E-state index contributed by atoms with van der Waals surface area (Å²) < 4.78 is 68.3. The monoisotopic (exact) mass is 1370 g/mol. The smallest absolute Gasteiger partial charge is 0.462 e. The Hall–Kier alpha value is -3.50. The minimum Gasteiger partial charge on any atom is -0.462 e. The summed E-state index contributed by atoms with van der Waals surface area (Å²) in [5.41, 5.74) is 0. The fourth-order valence-corrected chi connectivity index (χ4v) is 11.5. The number of carbonyl (C=O) groups is 4. The first-order valence-electron chi connectivity index (χ1n) is 37.2. The Morgan fingerprint density at radius 2 is 0.585 bits per heavy atom. The molecule has 0 aromatic heterocycles. The highest BCUT2D eigenvalue weighted by Crippen LogP contribution is 2.45. The number of hydrogen-bond acceptors (Lipinski definition) is 15. The molecule has 19 heteroatoms. The lowest BCUT2D eigenvalue weighted by Gasteiger charge is -2.21. The molecule has 0 aromatic rings. The Labute approximate surface area is 571 Å². The number of aliphatic hydroxyl groups excluding tert-OH is 1. The maximum Gasteiger partial charge on any atom is 0.472 e. The normalized spacial score (nSPS) is 14.4. The molecule has 5 atom stereocenters. The van der Waals surface area contributed by atoms with Crippen LogP contribution in [0.1, 0.15) is 323 Å². The second-order valence-corrected chi connectivity index (χ2v) is 27.8. The molecule has 546 valence electrons. The summed E-state index contributed by atoms with van der Waals surface area (Å²) >= 11 is 0. The number of hydrogen-bond donors (Lipinski definition) is 3. The fraction of sp³-hybridized carbons (Fsp3) is 0.787. The summed E-state index contributed by atoms with van der Waals surface area (Å²) in [6.45, 7) is 4.64. The predicted molar refractivity (Wildman–Crippen MR) is 381 cm³/mol. The predicted octanol–water partition coefficient (Wildman–Crippen LogP) is 20.9. The van der Waals surface area contributed by atoms with E-state index in [1.807, 2.05) is 0 Å². The zero-order valence-electron chi connectivity index (χ0n) is 59.4. The maximum atomic E-state index is 13.0. The molecule has 0 radical (unpaired) electrons. The average molecular weight is 1370 g/mol. The van der Waals surface area contributed by atoms with Crippen LogP contribution in [0.25, 0.3) is 0 Å². The number of phosphoric ester groups is 2. The lowest BCUT2D eigenvalue weighted by Crippen LogP contribution is -2.30. The van der Waals surface area contributed by atoms with Crippen molar-refractivity contribution in [2.24, 2.45) is 0 Å². The zero-order valence-corrected chi connectivity index (χ0v) is 61.2. The van der Waals surface area contributed by atoms with E-state index in [1.54, 1.807) is 0 Å².